The number of carbonyl (C=O) groups is 1. The van der Waals surface area contributed by atoms with Gasteiger partial charge in [-0.2, -0.15) is 0 Å². The minimum absolute atomic E-state index is 0.172. The van der Waals surface area contributed by atoms with Crippen molar-refractivity contribution in [2.45, 2.75) is 19.8 Å². The van der Waals surface area contributed by atoms with Crippen LogP contribution in [0.15, 0.2) is 12.1 Å². The number of nitrogen functional groups attached to an aromatic ring is 1. The zero-order chi connectivity index (χ0) is 15.9. The van der Waals surface area contributed by atoms with Gasteiger partial charge in [-0.3, -0.25) is 4.79 Å². The Morgan fingerprint density at radius 3 is 2.73 bits per heavy atom. The highest BCUT2D eigenvalue weighted by Crippen LogP contribution is 2.34. The zero-order valence-electron chi connectivity index (χ0n) is 13.4. The van der Waals surface area contributed by atoms with E-state index in [0.29, 0.717) is 36.6 Å². The van der Waals surface area contributed by atoms with Crippen LogP contribution in [0, 0.1) is 0 Å². The summed E-state index contributed by atoms with van der Waals surface area (Å²) in [6.07, 6.45) is 1.05. The standard InChI is InChI=1S/C16H25N3O3/c1-3-22-16-12(10-13(17)11-14(16)21-2)4-5-15(20)19-8-6-18-7-9-19/h10-11,18H,3-9,17H2,1-2H3. The highest BCUT2D eigenvalue weighted by Gasteiger charge is 2.18. The first-order valence-corrected chi connectivity index (χ1v) is 7.73. The summed E-state index contributed by atoms with van der Waals surface area (Å²) in [6, 6.07) is 3.60. The maximum atomic E-state index is 12.3. The quantitative estimate of drug-likeness (QED) is 0.768. The number of methoxy groups -OCH3 is 1. The van der Waals surface area contributed by atoms with Crippen LogP contribution in [0.5, 0.6) is 11.5 Å². The number of nitrogens with two attached hydrogens (primary N) is 1. The van der Waals surface area contributed by atoms with Gasteiger partial charge in [-0.25, -0.2) is 0 Å². The lowest BCUT2D eigenvalue weighted by atomic mass is 10.1. The second-order valence-corrected chi connectivity index (χ2v) is 5.28. The van der Waals surface area contributed by atoms with E-state index in [2.05, 4.69) is 5.32 Å². The number of nitrogens with one attached hydrogen (secondary N) is 1. The van der Waals surface area contributed by atoms with Crippen molar-refractivity contribution in [3.63, 3.8) is 0 Å². The van der Waals surface area contributed by atoms with Crippen molar-refractivity contribution in [2.24, 2.45) is 0 Å². The predicted molar refractivity (Wildman–Crippen MR) is 86.3 cm³/mol. The van der Waals surface area contributed by atoms with E-state index in [0.717, 1.165) is 31.7 Å². The fourth-order valence-corrected chi connectivity index (χ4v) is 2.64. The SMILES string of the molecule is CCOc1c(CCC(=O)N2CCNCC2)cc(N)cc1OC. The average Bonchev–Trinajstić information content (AvgIpc) is 2.55. The van der Waals surface area contributed by atoms with Crippen LogP contribution in [0.4, 0.5) is 5.69 Å². The third-order valence-corrected chi connectivity index (χ3v) is 3.74. The number of amides is 1. The van der Waals surface area contributed by atoms with Gasteiger partial charge in [0.15, 0.2) is 11.5 Å². The molecule has 22 heavy (non-hydrogen) atoms. The summed E-state index contributed by atoms with van der Waals surface area (Å²) in [6.45, 7) is 5.74. The zero-order valence-corrected chi connectivity index (χ0v) is 13.4. The number of nitrogens with zero attached hydrogens (tertiary/aromatic N) is 1. The Morgan fingerprint density at radius 2 is 2.09 bits per heavy atom. The smallest absolute Gasteiger partial charge is 0.222 e. The lowest BCUT2D eigenvalue weighted by Gasteiger charge is -2.27. The molecule has 1 aliphatic heterocycles. The van der Waals surface area contributed by atoms with Gasteiger partial charge in [-0.15, -0.1) is 0 Å². The molecule has 1 fully saturated rings. The summed E-state index contributed by atoms with van der Waals surface area (Å²) in [4.78, 5) is 14.2. The van der Waals surface area contributed by atoms with Crippen molar-refractivity contribution in [2.75, 3.05) is 45.6 Å². The van der Waals surface area contributed by atoms with Crippen LogP contribution in [0.2, 0.25) is 0 Å². The number of rotatable bonds is 6. The van der Waals surface area contributed by atoms with E-state index >= 15 is 0 Å². The number of hydrogen-bond donors (Lipinski definition) is 2. The second kappa shape index (κ2) is 7.89. The van der Waals surface area contributed by atoms with Gasteiger partial charge in [0.25, 0.3) is 0 Å². The number of anilines is 1. The molecule has 0 radical (unpaired) electrons. The Labute approximate surface area is 131 Å². The van der Waals surface area contributed by atoms with Crippen molar-refractivity contribution in [3.8, 4) is 11.5 Å². The van der Waals surface area contributed by atoms with E-state index in [1.807, 2.05) is 17.9 Å². The molecule has 6 nitrogen and oxygen atoms in total. The van der Waals surface area contributed by atoms with E-state index in [1.165, 1.54) is 0 Å². The minimum Gasteiger partial charge on any atom is -0.493 e. The van der Waals surface area contributed by atoms with Crippen LogP contribution in [0.25, 0.3) is 0 Å². The van der Waals surface area contributed by atoms with Gasteiger partial charge in [-0.1, -0.05) is 0 Å². The van der Waals surface area contributed by atoms with Gasteiger partial charge in [0, 0.05) is 49.9 Å². The summed E-state index contributed by atoms with van der Waals surface area (Å²) in [5, 5.41) is 3.24. The first-order chi connectivity index (χ1) is 10.7. The molecule has 122 valence electrons. The number of piperazine rings is 1. The second-order valence-electron chi connectivity index (χ2n) is 5.28. The lowest BCUT2D eigenvalue weighted by Crippen LogP contribution is -2.46. The molecule has 3 N–H and O–H groups in total. The first kappa shape index (κ1) is 16.4. The van der Waals surface area contributed by atoms with Crippen molar-refractivity contribution in [1.82, 2.24) is 10.2 Å². The molecular formula is C16H25N3O3. The topological polar surface area (TPSA) is 76.8 Å². The molecule has 0 saturated carbocycles. The van der Waals surface area contributed by atoms with Crippen LogP contribution >= 0.6 is 0 Å². The molecule has 1 heterocycles. The summed E-state index contributed by atoms with van der Waals surface area (Å²) < 4.78 is 11.0. The van der Waals surface area contributed by atoms with Crippen LogP contribution in [-0.2, 0) is 11.2 Å². The largest absolute Gasteiger partial charge is 0.493 e. The van der Waals surface area contributed by atoms with Crippen LogP contribution in [0.3, 0.4) is 0 Å². The maximum Gasteiger partial charge on any atom is 0.222 e. The molecule has 0 bridgehead atoms. The van der Waals surface area contributed by atoms with Crippen molar-refractivity contribution in [3.05, 3.63) is 17.7 Å². The van der Waals surface area contributed by atoms with Gasteiger partial charge >= 0.3 is 0 Å². The van der Waals surface area contributed by atoms with Gasteiger partial charge in [0.2, 0.25) is 5.91 Å². The van der Waals surface area contributed by atoms with E-state index in [4.69, 9.17) is 15.2 Å². The molecule has 1 saturated heterocycles. The molecule has 1 aromatic rings. The molecule has 1 aliphatic rings. The Balaban J connectivity index is 2.07. The van der Waals surface area contributed by atoms with Gasteiger partial charge in [0.05, 0.1) is 13.7 Å². The van der Waals surface area contributed by atoms with Gasteiger partial charge < -0.3 is 25.4 Å². The number of hydrogen-bond acceptors (Lipinski definition) is 5. The third kappa shape index (κ3) is 4.04. The third-order valence-electron chi connectivity index (χ3n) is 3.74. The fraction of sp³-hybridized carbons (Fsp3) is 0.562. The molecular weight excluding hydrogens is 282 g/mol. The average molecular weight is 307 g/mol. The Bertz CT molecular complexity index is 514. The number of carbonyl (C=O) groups excluding carboxylic acids is 1. The molecule has 2 rings (SSSR count). The molecule has 0 unspecified atom stereocenters. The molecule has 0 spiro atoms. The highest BCUT2D eigenvalue weighted by molar-refractivity contribution is 5.77. The van der Waals surface area contributed by atoms with E-state index in [-0.39, 0.29) is 5.91 Å². The summed E-state index contributed by atoms with van der Waals surface area (Å²) in [7, 11) is 1.59. The number of ether oxygens (including phenoxy) is 2. The lowest BCUT2D eigenvalue weighted by molar-refractivity contribution is -0.131. The van der Waals surface area contributed by atoms with Crippen LogP contribution in [0.1, 0.15) is 18.9 Å². The normalized spacial score (nSPS) is 14.7. The fourth-order valence-electron chi connectivity index (χ4n) is 2.64. The molecule has 0 aromatic heterocycles. The number of aryl methyl sites for hydroxylation is 1. The van der Waals surface area contributed by atoms with Crippen LogP contribution in [-0.4, -0.2) is 50.7 Å². The van der Waals surface area contributed by atoms with E-state index in [1.54, 1.807) is 13.2 Å². The molecule has 1 amide bonds. The molecule has 0 aliphatic carbocycles. The summed E-state index contributed by atoms with van der Waals surface area (Å²) >= 11 is 0. The summed E-state index contributed by atoms with van der Waals surface area (Å²) in [5.41, 5.74) is 7.44. The van der Waals surface area contributed by atoms with E-state index < -0.39 is 0 Å². The molecule has 1 aromatic carbocycles. The predicted octanol–water partition coefficient (Wildman–Crippen LogP) is 1.04. The minimum atomic E-state index is 0.172. The monoisotopic (exact) mass is 307 g/mol. The van der Waals surface area contributed by atoms with Crippen molar-refractivity contribution in [1.29, 1.82) is 0 Å². The van der Waals surface area contributed by atoms with Crippen molar-refractivity contribution >= 4 is 11.6 Å². The Hall–Kier alpha value is -1.95. The first-order valence-electron chi connectivity index (χ1n) is 7.73. The van der Waals surface area contributed by atoms with Crippen molar-refractivity contribution < 1.29 is 14.3 Å². The highest BCUT2D eigenvalue weighted by atomic mass is 16.5. The molecule has 6 heteroatoms. The maximum absolute atomic E-state index is 12.3. The van der Waals surface area contributed by atoms with Gasteiger partial charge in [0.1, 0.15) is 0 Å². The molecule has 0 atom stereocenters. The van der Waals surface area contributed by atoms with Crippen LogP contribution < -0.4 is 20.5 Å². The van der Waals surface area contributed by atoms with E-state index in [9.17, 15) is 4.79 Å². The Morgan fingerprint density at radius 1 is 1.36 bits per heavy atom. The number of benzene rings is 1. The van der Waals surface area contributed by atoms with Gasteiger partial charge in [-0.05, 0) is 19.4 Å². The Kier molecular flexibility index (Phi) is 5.89. The summed E-state index contributed by atoms with van der Waals surface area (Å²) in [5.74, 6) is 1.48.